The van der Waals surface area contributed by atoms with Crippen molar-refractivity contribution in [3.05, 3.63) is 0 Å². The summed E-state index contributed by atoms with van der Waals surface area (Å²) in [4.78, 5) is 26.2. The number of ether oxygens (including phenoxy) is 1. The molecule has 1 aliphatic carbocycles. The molecule has 2 aliphatic rings. The number of nitrogens with one attached hydrogen (secondary N) is 1. The second-order valence-electron chi connectivity index (χ2n) is 6.80. The lowest BCUT2D eigenvalue weighted by Gasteiger charge is -2.34. The van der Waals surface area contributed by atoms with Gasteiger partial charge in [-0.2, -0.15) is 0 Å². The van der Waals surface area contributed by atoms with E-state index in [4.69, 9.17) is 4.74 Å². The van der Waals surface area contributed by atoms with Crippen LogP contribution in [0.5, 0.6) is 0 Å². The molecule has 1 aromatic heterocycles. The molecule has 1 aromatic rings. The van der Waals surface area contributed by atoms with Crippen LogP contribution in [0.2, 0.25) is 0 Å². The lowest BCUT2D eigenvalue weighted by atomic mass is 10.1. The summed E-state index contributed by atoms with van der Waals surface area (Å²) in [5, 5.41) is 10.6. The zero-order chi connectivity index (χ0) is 20.1. The summed E-state index contributed by atoms with van der Waals surface area (Å²) >= 11 is 2.41. The van der Waals surface area contributed by atoms with Crippen molar-refractivity contribution in [2.75, 3.05) is 29.2 Å². The molecule has 28 heavy (non-hydrogen) atoms. The maximum absolute atomic E-state index is 12.9. The summed E-state index contributed by atoms with van der Waals surface area (Å²) in [6, 6.07) is -0.0986. The summed E-state index contributed by atoms with van der Waals surface area (Å²) in [6.07, 6.45) is 3.92. The summed E-state index contributed by atoms with van der Waals surface area (Å²) in [5.41, 5.74) is 0. The van der Waals surface area contributed by atoms with E-state index < -0.39 is 15.9 Å². The van der Waals surface area contributed by atoms with Gasteiger partial charge in [-0.3, -0.25) is 10.1 Å². The van der Waals surface area contributed by atoms with Gasteiger partial charge < -0.3 is 9.64 Å². The highest BCUT2D eigenvalue weighted by atomic mass is 32.2. The summed E-state index contributed by atoms with van der Waals surface area (Å²) < 4.78 is 29.1. The van der Waals surface area contributed by atoms with Crippen molar-refractivity contribution in [3.8, 4) is 0 Å². The van der Waals surface area contributed by atoms with Gasteiger partial charge in [0.05, 0.1) is 23.9 Å². The molecule has 12 heteroatoms. The monoisotopic (exact) mass is 448 g/mol. The summed E-state index contributed by atoms with van der Waals surface area (Å²) in [7, 11) is -3.06. The number of hydrogen-bond acceptors (Lipinski definition) is 9. The maximum atomic E-state index is 12.9. The number of carbonyl (C=O) groups is 2. The zero-order valence-electron chi connectivity index (χ0n) is 15.6. The Morgan fingerprint density at radius 1 is 1.25 bits per heavy atom. The lowest BCUT2D eigenvalue weighted by Crippen LogP contribution is -2.47. The minimum Gasteiger partial charge on any atom is -0.450 e. The fraction of sp³-hybridized carbons (Fsp3) is 0.750. The Morgan fingerprint density at radius 3 is 2.64 bits per heavy atom. The van der Waals surface area contributed by atoms with Crippen molar-refractivity contribution in [3.63, 3.8) is 0 Å². The van der Waals surface area contributed by atoms with Crippen molar-refractivity contribution >= 4 is 50.1 Å². The van der Waals surface area contributed by atoms with Crippen LogP contribution >= 0.6 is 23.1 Å². The highest BCUT2D eigenvalue weighted by Crippen LogP contribution is 2.31. The number of anilines is 1. The van der Waals surface area contributed by atoms with Crippen LogP contribution in [0, 0.1) is 0 Å². The Hall–Kier alpha value is -1.40. The van der Waals surface area contributed by atoms with Crippen LogP contribution in [0.15, 0.2) is 4.34 Å². The van der Waals surface area contributed by atoms with E-state index in [9.17, 15) is 18.0 Å². The molecule has 1 N–H and O–H groups in total. The molecule has 1 aliphatic heterocycles. The second-order valence-corrected chi connectivity index (χ2v) is 11.2. The standard InChI is InChI=1S/C16H24N4O5S3/c1-2-25-15(22)17-14-18-19-16(27-14)26-9-13(21)20(11-5-3-4-6-11)12-7-8-28(23,24)10-12/h11-12H,2-10H2,1H3,(H,17,18,22). The van der Waals surface area contributed by atoms with Gasteiger partial charge in [-0.1, -0.05) is 35.9 Å². The number of nitrogens with zero attached hydrogens (tertiary/aromatic N) is 3. The van der Waals surface area contributed by atoms with Crippen LogP contribution in [-0.2, 0) is 19.4 Å². The number of thioether (sulfide) groups is 1. The Morgan fingerprint density at radius 2 is 2.00 bits per heavy atom. The average Bonchev–Trinajstić information content (AvgIpc) is 3.36. The highest BCUT2D eigenvalue weighted by Gasteiger charge is 2.38. The third kappa shape index (κ3) is 5.57. The van der Waals surface area contributed by atoms with Crippen molar-refractivity contribution < 1.29 is 22.7 Å². The van der Waals surface area contributed by atoms with Gasteiger partial charge in [-0.05, 0) is 26.2 Å². The van der Waals surface area contributed by atoms with Gasteiger partial charge in [-0.15, -0.1) is 10.2 Å². The van der Waals surface area contributed by atoms with E-state index >= 15 is 0 Å². The second kappa shape index (κ2) is 9.40. The van der Waals surface area contributed by atoms with Gasteiger partial charge in [0.2, 0.25) is 11.0 Å². The third-order valence-electron chi connectivity index (χ3n) is 4.82. The lowest BCUT2D eigenvalue weighted by molar-refractivity contribution is -0.132. The van der Waals surface area contributed by atoms with Crippen molar-refractivity contribution in [2.24, 2.45) is 0 Å². The van der Waals surface area contributed by atoms with Gasteiger partial charge in [0.15, 0.2) is 14.2 Å². The number of amides is 2. The van der Waals surface area contributed by atoms with E-state index in [0.29, 0.717) is 15.9 Å². The van der Waals surface area contributed by atoms with Gasteiger partial charge in [0, 0.05) is 12.1 Å². The molecular weight excluding hydrogens is 424 g/mol. The first-order valence-electron chi connectivity index (χ1n) is 9.29. The highest BCUT2D eigenvalue weighted by molar-refractivity contribution is 8.01. The van der Waals surface area contributed by atoms with E-state index in [1.165, 1.54) is 23.1 Å². The van der Waals surface area contributed by atoms with E-state index in [1.54, 1.807) is 6.92 Å². The largest absolute Gasteiger partial charge is 0.450 e. The van der Waals surface area contributed by atoms with Gasteiger partial charge >= 0.3 is 6.09 Å². The first-order valence-corrected chi connectivity index (χ1v) is 12.9. The number of rotatable bonds is 7. The fourth-order valence-corrected chi connectivity index (χ4v) is 6.97. The minimum atomic E-state index is -3.06. The maximum Gasteiger partial charge on any atom is 0.413 e. The van der Waals surface area contributed by atoms with E-state index in [-0.39, 0.29) is 41.9 Å². The Bertz CT molecular complexity index is 807. The number of aromatic nitrogens is 2. The average molecular weight is 449 g/mol. The van der Waals surface area contributed by atoms with Crippen molar-refractivity contribution in [1.82, 2.24) is 15.1 Å². The smallest absolute Gasteiger partial charge is 0.413 e. The molecule has 1 unspecified atom stereocenters. The fourth-order valence-electron chi connectivity index (χ4n) is 3.65. The summed E-state index contributed by atoms with van der Waals surface area (Å²) in [6.45, 7) is 1.97. The predicted octanol–water partition coefficient (Wildman–Crippen LogP) is 2.16. The molecule has 3 rings (SSSR count). The zero-order valence-corrected chi connectivity index (χ0v) is 18.1. The Kier molecular flexibility index (Phi) is 7.15. The van der Waals surface area contributed by atoms with E-state index in [0.717, 1.165) is 25.7 Å². The first kappa shape index (κ1) is 21.3. The minimum absolute atomic E-state index is 0.0610. The molecule has 2 heterocycles. The molecule has 0 aromatic carbocycles. The van der Waals surface area contributed by atoms with Crippen LogP contribution in [0.1, 0.15) is 39.0 Å². The molecule has 2 fully saturated rings. The van der Waals surface area contributed by atoms with Crippen molar-refractivity contribution in [1.29, 1.82) is 0 Å². The Labute approximate surface area is 172 Å². The van der Waals surface area contributed by atoms with Crippen LogP contribution < -0.4 is 5.32 Å². The molecule has 2 amide bonds. The quantitative estimate of drug-likeness (QED) is 0.498. The molecule has 156 valence electrons. The van der Waals surface area contributed by atoms with E-state index in [1.807, 2.05) is 4.90 Å². The first-order chi connectivity index (χ1) is 13.4. The molecule has 0 bridgehead atoms. The normalized spacial score (nSPS) is 21.5. The van der Waals surface area contributed by atoms with Crippen LogP contribution in [-0.4, -0.2) is 71.5 Å². The molecule has 1 saturated carbocycles. The van der Waals surface area contributed by atoms with Crippen LogP contribution in [0.4, 0.5) is 9.93 Å². The SMILES string of the molecule is CCOC(=O)Nc1nnc(SCC(=O)N(C2CCCC2)C2CCS(=O)(=O)C2)s1. The van der Waals surface area contributed by atoms with E-state index in [2.05, 4.69) is 15.5 Å². The molecule has 1 atom stereocenters. The van der Waals surface area contributed by atoms with Crippen molar-refractivity contribution in [2.45, 2.75) is 55.5 Å². The molecule has 9 nitrogen and oxygen atoms in total. The van der Waals surface area contributed by atoms with Gasteiger partial charge in [0.1, 0.15) is 0 Å². The summed E-state index contributed by atoms with van der Waals surface area (Å²) in [5.74, 6) is 0.322. The molecule has 1 saturated heterocycles. The predicted molar refractivity (Wildman–Crippen MR) is 107 cm³/mol. The van der Waals surface area contributed by atoms with Gasteiger partial charge in [0.25, 0.3) is 0 Å². The van der Waals surface area contributed by atoms with Crippen LogP contribution in [0.3, 0.4) is 0 Å². The number of carbonyl (C=O) groups excluding carboxylic acids is 2. The number of sulfone groups is 1. The molecule has 0 spiro atoms. The topological polar surface area (TPSA) is 119 Å². The Balaban J connectivity index is 1.59. The van der Waals surface area contributed by atoms with Crippen LogP contribution in [0.25, 0.3) is 0 Å². The molecule has 0 radical (unpaired) electrons. The number of hydrogen-bond donors (Lipinski definition) is 1. The van der Waals surface area contributed by atoms with Gasteiger partial charge in [-0.25, -0.2) is 13.2 Å². The third-order valence-corrected chi connectivity index (χ3v) is 8.52. The molecular formula is C16H24N4O5S3.